The Morgan fingerprint density at radius 1 is 1.00 bits per heavy atom. The second-order valence-electron chi connectivity index (χ2n) is 5.61. The molecule has 23 heavy (non-hydrogen) atoms. The molecule has 0 aliphatic carbocycles. The molecular formula is C18H22N2OS2. The number of piperidine rings is 1. The predicted molar refractivity (Wildman–Crippen MR) is 101 cm³/mol. The first-order valence-electron chi connectivity index (χ1n) is 7.94. The smallest absolute Gasteiger partial charge is 0.179 e. The van der Waals surface area contributed by atoms with Gasteiger partial charge in [0.1, 0.15) is 17.0 Å². The van der Waals surface area contributed by atoms with Gasteiger partial charge in [-0.15, -0.1) is 11.8 Å². The number of anilines is 2. The van der Waals surface area contributed by atoms with E-state index < -0.39 is 11.4 Å². The number of thioether (sulfide) groups is 1. The molecule has 1 fully saturated rings. The summed E-state index contributed by atoms with van der Waals surface area (Å²) in [6.45, 7) is 2.15. The third-order valence-corrected chi connectivity index (χ3v) is 5.93. The molecule has 0 radical (unpaired) electrons. The molecule has 3 nitrogen and oxygen atoms in total. The zero-order chi connectivity index (χ0) is 16.1. The number of benzene rings is 2. The van der Waals surface area contributed by atoms with Gasteiger partial charge in [-0.05, 0) is 61.9 Å². The average molecular weight is 347 g/mol. The summed E-state index contributed by atoms with van der Waals surface area (Å²) in [5, 5.41) is 0. The lowest BCUT2D eigenvalue weighted by Gasteiger charge is -2.30. The molecule has 1 unspecified atom stereocenters. The summed E-state index contributed by atoms with van der Waals surface area (Å²) >= 11 is 0.443. The lowest BCUT2D eigenvalue weighted by atomic mass is 10.1. The number of nitrogens with zero attached hydrogens (tertiary/aromatic N) is 1. The van der Waals surface area contributed by atoms with Crippen molar-refractivity contribution in [3.05, 3.63) is 48.5 Å². The zero-order valence-electron chi connectivity index (χ0n) is 13.3. The molecule has 2 aromatic rings. The van der Waals surface area contributed by atoms with Crippen molar-refractivity contribution in [1.82, 2.24) is 0 Å². The molecule has 0 spiro atoms. The van der Waals surface area contributed by atoms with E-state index in [9.17, 15) is 4.55 Å². The number of rotatable bonds is 5. The molecule has 0 bridgehead atoms. The molecule has 0 amide bonds. The molecule has 5 heteroatoms. The van der Waals surface area contributed by atoms with Gasteiger partial charge in [0.05, 0.1) is 5.69 Å². The van der Waals surface area contributed by atoms with Gasteiger partial charge >= 0.3 is 0 Å². The van der Waals surface area contributed by atoms with Crippen LogP contribution in [0.3, 0.4) is 0 Å². The lowest BCUT2D eigenvalue weighted by molar-refractivity contribution is 0.578. The summed E-state index contributed by atoms with van der Waals surface area (Å²) in [5.74, 6) is 0. The molecule has 122 valence electrons. The van der Waals surface area contributed by atoms with E-state index in [2.05, 4.69) is 15.7 Å². The first kappa shape index (κ1) is 16.6. The number of nitrogens with one attached hydrogen (secondary N) is 1. The minimum absolute atomic E-state index is 0.802. The third-order valence-electron chi connectivity index (χ3n) is 4.08. The van der Waals surface area contributed by atoms with E-state index in [1.54, 1.807) is 11.8 Å². The average Bonchev–Trinajstić information content (AvgIpc) is 2.63. The highest BCUT2D eigenvalue weighted by atomic mass is 32.2. The molecule has 1 aliphatic rings. The molecule has 0 aromatic heterocycles. The Labute approximate surface area is 145 Å². The van der Waals surface area contributed by atoms with Crippen molar-refractivity contribution in [3.63, 3.8) is 0 Å². The van der Waals surface area contributed by atoms with Crippen LogP contribution < -0.4 is 9.62 Å². The van der Waals surface area contributed by atoms with Crippen LogP contribution in [0, 0.1) is 0 Å². The minimum Gasteiger partial charge on any atom is -0.588 e. The van der Waals surface area contributed by atoms with E-state index in [4.69, 9.17) is 0 Å². The maximum atomic E-state index is 12.6. The van der Waals surface area contributed by atoms with Crippen LogP contribution in [0.4, 0.5) is 11.4 Å². The van der Waals surface area contributed by atoms with Crippen molar-refractivity contribution in [1.29, 1.82) is 0 Å². The topological polar surface area (TPSA) is 38.3 Å². The minimum atomic E-state index is -1.25. The molecule has 1 heterocycles. The summed E-state index contributed by atoms with van der Waals surface area (Å²) in [6, 6.07) is 16.0. The van der Waals surface area contributed by atoms with Crippen LogP contribution in [0.25, 0.3) is 0 Å². The van der Waals surface area contributed by atoms with Crippen molar-refractivity contribution >= 4 is 34.5 Å². The van der Waals surface area contributed by atoms with Crippen LogP contribution >= 0.6 is 11.8 Å². The van der Waals surface area contributed by atoms with Gasteiger partial charge in [0.15, 0.2) is 4.90 Å². The van der Waals surface area contributed by atoms with E-state index in [-0.39, 0.29) is 0 Å². The molecule has 1 N–H and O–H groups in total. The second kappa shape index (κ2) is 7.99. The van der Waals surface area contributed by atoms with Crippen molar-refractivity contribution in [2.75, 3.05) is 29.0 Å². The number of hydrogen-bond acceptors (Lipinski definition) is 4. The Bertz CT molecular complexity index is 627. The van der Waals surface area contributed by atoms with Crippen molar-refractivity contribution in [2.45, 2.75) is 29.1 Å². The van der Waals surface area contributed by atoms with Crippen LogP contribution in [0.1, 0.15) is 19.3 Å². The van der Waals surface area contributed by atoms with Gasteiger partial charge in [0.2, 0.25) is 0 Å². The summed E-state index contributed by atoms with van der Waals surface area (Å²) in [5.41, 5.74) is 2.10. The summed E-state index contributed by atoms with van der Waals surface area (Å²) < 4.78 is 15.8. The fraction of sp³-hybridized carbons (Fsp3) is 0.333. The van der Waals surface area contributed by atoms with Gasteiger partial charge < -0.3 is 9.45 Å². The molecule has 1 aliphatic heterocycles. The maximum Gasteiger partial charge on any atom is 0.179 e. The van der Waals surface area contributed by atoms with Crippen molar-refractivity contribution in [2.24, 2.45) is 0 Å². The fourth-order valence-corrected chi connectivity index (χ4v) is 4.11. The maximum absolute atomic E-state index is 12.6. The predicted octanol–water partition coefficient (Wildman–Crippen LogP) is 4.53. The first-order chi connectivity index (χ1) is 11.3. The molecule has 2 aromatic carbocycles. The highest BCUT2D eigenvalue weighted by Gasteiger charge is 2.18. The van der Waals surface area contributed by atoms with E-state index in [0.717, 1.165) is 29.4 Å². The number of para-hydroxylation sites is 2. The second-order valence-corrected chi connectivity index (χ2v) is 7.70. The highest BCUT2D eigenvalue weighted by molar-refractivity contribution is 7.98. The summed E-state index contributed by atoms with van der Waals surface area (Å²) in [7, 11) is 0. The Hall–Kier alpha value is -1.30. The monoisotopic (exact) mass is 346 g/mol. The zero-order valence-corrected chi connectivity index (χ0v) is 15.0. The van der Waals surface area contributed by atoms with Gasteiger partial charge in [-0.25, -0.2) is 4.72 Å². The van der Waals surface area contributed by atoms with E-state index in [1.165, 1.54) is 24.2 Å². The van der Waals surface area contributed by atoms with Crippen molar-refractivity contribution < 1.29 is 4.55 Å². The van der Waals surface area contributed by atoms with Crippen LogP contribution in [-0.4, -0.2) is 23.9 Å². The summed E-state index contributed by atoms with van der Waals surface area (Å²) in [4.78, 5) is 4.37. The van der Waals surface area contributed by atoms with Gasteiger partial charge in [-0.1, -0.05) is 12.1 Å². The quantitative estimate of drug-likeness (QED) is 0.637. The molecule has 1 atom stereocenters. The largest absolute Gasteiger partial charge is 0.588 e. The fourth-order valence-electron chi connectivity index (χ4n) is 2.83. The Kier molecular flexibility index (Phi) is 5.75. The summed E-state index contributed by atoms with van der Waals surface area (Å²) in [6.07, 6.45) is 5.81. The van der Waals surface area contributed by atoms with Gasteiger partial charge in [0, 0.05) is 18.0 Å². The normalized spacial score (nSPS) is 16.2. The van der Waals surface area contributed by atoms with E-state index >= 15 is 0 Å². The van der Waals surface area contributed by atoms with Gasteiger partial charge in [-0.2, -0.15) is 0 Å². The van der Waals surface area contributed by atoms with Gasteiger partial charge in [0.25, 0.3) is 0 Å². The molecule has 0 saturated carbocycles. The highest BCUT2D eigenvalue weighted by Crippen LogP contribution is 2.30. The van der Waals surface area contributed by atoms with Crippen LogP contribution in [0.5, 0.6) is 0 Å². The Balaban J connectivity index is 1.76. The SMILES string of the molecule is CSc1ccc([S+]([O-])Nc2ccccc2N2CCCCC2)cc1. The van der Waals surface area contributed by atoms with Crippen molar-refractivity contribution in [3.8, 4) is 0 Å². The Morgan fingerprint density at radius 2 is 1.70 bits per heavy atom. The lowest BCUT2D eigenvalue weighted by Crippen LogP contribution is -2.30. The van der Waals surface area contributed by atoms with E-state index in [1.807, 2.05) is 48.7 Å². The molecule has 3 rings (SSSR count). The molecular weight excluding hydrogens is 324 g/mol. The Morgan fingerprint density at radius 3 is 2.39 bits per heavy atom. The van der Waals surface area contributed by atoms with E-state index in [0.29, 0.717) is 0 Å². The van der Waals surface area contributed by atoms with Crippen LogP contribution in [0.15, 0.2) is 58.3 Å². The van der Waals surface area contributed by atoms with Gasteiger partial charge in [-0.3, -0.25) is 0 Å². The number of hydrogen-bond donors (Lipinski definition) is 1. The third kappa shape index (κ3) is 4.16. The van der Waals surface area contributed by atoms with Crippen LogP contribution in [-0.2, 0) is 11.4 Å². The molecule has 1 saturated heterocycles. The standard InChI is InChI=1S/C18H22N2OS2/c1-22-15-9-11-16(12-10-15)23(21)19-17-7-3-4-8-18(17)20-13-5-2-6-14-20/h3-4,7-12,19H,2,5-6,13-14H2,1H3. The van der Waals surface area contributed by atoms with Crippen LogP contribution in [0.2, 0.25) is 0 Å². The first-order valence-corrected chi connectivity index (χ1v) is 10.3.